The van der Waals surface area contributed by atoms with Crippen LogP contribution >= 0.6 is 0 Å². The molecule has 0 saturated heterocycles. The maximum absolute atomic E-state index is 12.9. The van der Waals surface area contributed by atoms with E-state index in [-0.39, 0.29) is 18.1 Å². The first-order chi connectivity index (χ1) is 13.1. The molecule has 0 fully saturated rings. The maximum atomic E-state index is 12.9. The fourth-order valence-corrected chi connectivity index (χ4v) is 3.02. The molecular weight excluding hydrogens is 343 g/mol. The second-order valence-electron chi connectivity index (χ2n) is 6.24. The molecule has 0 aliphatic heterocycles. The highest BCUT2D eigenvalue weighted by Gasteiger charge is 2.10. The quantitative estimate of drug-likeness (QED) is 0.597. The Balaban J connectivity index is 1.51. The molecule has 0 spiro atoms. The number of halogens is 1. The number of carbonyl (C=O) groups is 1. The van der Waals surface area contributed by atoms with Crippen LogP contribution in [0.15, 0.2) is 66.9 Å². The first kappa shape index (κ1) is 16.9. The highest BCUT2D eigenvalue weighted by molar-refractivity contribution is 5.92. The van der Waals surface area contributed by atoms with Crippen molar-refractivity contribution in [3.05, 3.63) is 84.1 Å². The smallest absolute Gasteiger partial charge is 0.228 e. The van der Waals surface area contributed by atoms with Gasteiger partial charge in [-0.1, -0.05) is 12.1 Å². The van der Waals surface area contributed by atoms with Crippen LogP contribution < -0.4 is 5.32 Å². The van der Waals surface area contributed by atoms with E-state index in [4.69, 9.17) is 0 Å². The largest absolute Gasteiger partial charge is 0.326 e. The first-order valence-corrected chi connectivity index (χ1v) is 8.55. The van der Waals surface area contributed by atoms with Crippen LogP contribution in [0.5, 0.6) is 0 Å². The summed E-state index contributed by atoms with van der Waals surface area (Å²) in [6.07, 6.45) is 1.98. The van der Waals surface area contributed by atoms with Gasteiger partial charge in [0.25, 0.3) is 0 Å². The maximum Gasteiger partial charge on any atom is 0.228 e. The van der Waals surface area contributed by atoms with Gasteiger partial charge in [-0.25, -0.2) is 14.4 Å². The van der Waals surface area contributed by atoms with E-state index in [0.717, 1.165) is 28.2 Å². The number of carbonyl (C=O) groups excluding carboxylic acids is 1. The Hall–Kier alpha value is -3.54. The zero-order chi connectivity index (χ0) is 18.8. The lowest BCUT2D eigenvalue weighted by atomic mass is 10.1. The molecule has 1 amide bonds. The zero-order valence-electron chi connectivity index (χ0n) is 14.7. The Bertz CT molecular complexity index is 1100. The predicted octanol–water partition coefficient (Wildman–Crippen LogP) is 4.05. The molecule has 0 saturated carbocycles. The van der Waals surface area contributed by atoms with Gasteiger partial charge >= 0.3 is 0 Å². The molecule has 0 aliphatic carbocycles. The van der Waals surface area contributed by atoms with E-state index < -0.39 is 0 Å². The molecule has 6 heteroatoms. The van der Waals surface area contributed by atoms with Gasteiger partial charge in [-0.2, -0.15) is 0 Å². The molecule has 0 radical (unpaired) electrons. The van der Waals surface area contributed by atoms with Gasteiger partial charge in [-0.05, 0) is 61.0 Å². The van der Waals surface area contributed by atoms with Crippen molar-refractivity contribution in [2.45, 2.75) is 13.3 Å². The van der Waals surface area contributed by atoms with Crippen molar-refractivity contribution >= 4 is 22.8 Å². The van der Waals surface area contributed by atoms with Crippen LogP contribution in [0.1, 0.15) is 11.4 Å². The van der Waals surface area contributed by atoms with Gasteiger partial charge in [-0.3, -0.25) is 9.36 Å². The lowest BCUT2D eigenvalue weighted by Gasteiger charge is -2.08. The fourth-order valence-electron chi connectivity index (χ4n) is 3.02. The number of anilines is 1. The Morgan fingerprint density at radius 3 is 2.56 bits per heavy atom. The summed E-state index contributed by atoms with van der Waals surface area (Å²) >= 11 is 0. The third kappa shape index (κ3) is 3.55. The van der Waals surface area contributed by atoms with Gasteiger partial charge in [-0.15, -0.1) is 0 Å². The highest BCUT2D eigenvalue weighted by Crippen LogP contribution is 2.20. The average molecular weight is 360 g/mol. The van der Waals surface area contributed by atoms with E-state index in [0.29, 0.717) is 5.69 Å². The van der Waals surface area contributed by atoms with E-state index in [1.807, 2.05) is 47.9 Å². The van der Waals surface area contributed by atoms with Crippen molar-refractivity contribution in [1.29, 1.82) is 0 Å². The number of aromatic nitrogens is 3. The standard InChI is InChI=1S/C21H17FN4O/c1-14-24-19-3-2-12-23-21(19)26(14)18-10-4-15(5-11-18)13-20(27)25-17-8-6-16(22)7-9-17/h2-12H,13H2,1H3,(H,25,27). The topological polar surface area (TPSA) is 59.8 Å². The number of hydrogen-bond donors (Lipinski definition) is 1. The van der Waals surface area contributed by atoms with Crippen molar-refractivity contribution in [3.8, 4) is 5.69 Å². The van der Waals surface area contributed by atoms with Crippen LogP contribution in [0.25, 0.3) is 16.9 Å². The number of hydrogen-bond acceptors (Lipinski definition) is 3. The summed E-state index contributed by atoms with van der Waals surface area (Å²) in [5.74, 6) is 0.367. The number of imidazole rings is 1. The van der Waals surface area contributed by atoms with Crippen LogP contribution in [0.4, 0.5) is 10.1 Å². The van der Waals surface area contributed by atoms with Gasteiger partial charge in [0.2, 0.25) is 5.91 Å². The third-order valence-corrected chi connectivity index (χ3v) is 4.27. The van der Waals surface area contributed by atoms with E-state index in [1.54, 1.807) is 6.20 Å². The minimum Gasteiger partial charge on any atom is -0.326 e. The summed E-state index contributed by atoms with van der Waals surface area (Å²) in [6, 6.07) is 17.2. The van der Waals surface area contributed by atoms with Gasteiger partial charge in [0, 0.05) is 17.6 Å². The normalized spacial score (nSPS) is 10.9. The average Bonchev–Trinajstić information content (AvgIpc) is 3.00. The van der Waals surface area contributed by atoms with Crippen molar-refractivity contribution in [1.82, 2.24) is 14.5 Å². The van der Waals surface area contributed by atoms with Crippen LogP contribution in [0, 0.1) is 12.7 Å². The van der Waals surface area contributed by atoms with Crippen molar-refractivity contribution in [3.63, 3.8) is 0 Å². The fraction of sp³-hybridized carbons (Fsp3) is 0.0952. The van der Waals surface area contributed by atoms with Gasteiger partial charge < -0.3 is 5.32 Å². The summed E-state index contributed by atoms with van der Waals surface area (Å²) in [7, 11) is 0. The summed E-state index contributed by atoms with van der Waals surface area (Å²) in [5, 5.41) is 2.76. The molecule has 5 nitrogen and oxygen atoms in total. The number of pyridine rings is 1. The van der Waals surface area contributed by atoms with Gasteiger partial charge in [0.15, 0.2) is 5.65 Å². The van der Waals surface area contributed by atoms with E-state index in [1.165, 1.54) is 24.3 Å². The number of amides is 1. The first-order valence-electron chi connectivity index (χ1n) is 8.55. The minimum absolute atomic E-state index is 0.153. The summed E-state index contributed by atoms with van der Waals surface area (Å²) in [6.45, 7) is 1.94. The van der Waals surface area contributed by atoms with Gasteiger partial charge in [0.1, 0.15) is 17.2 Å². The second kappa shape index (κ2) is 6.99. The SMILES string of the molecule is Cc1nc2cccnc2n1-c1ccc(CC(=O)Nc2ccc(F)cc2)cc1. The lowest BCUT2D eigenvalue weighted by Crippen LogP contribution is -2.14. The molecular formula is C21H17FN4O. The number of fused-ring (bicyclic) bond motifs is 1. The molecule has 0 aliphatic rings. The summed E-state index contributed by atoms with van der Waals surface area (Å²) in [5.41, 5.74) is 4.05. The predicted molar refractivity (Wildman–Crippen MR) is 102 cm³/mol. The number of aryl methyl sites for hydroxylation is 1. The molecule has 0 bridgehead atoms. The molecule has 27 heavy (non-hydrogen) atoms. The van der Waals surface area contributed by atoms with Crippen molar-refractivity contribution < 1.29 is 9.18 Å². The lowest BCUT2D eigenvalue weighted by molar-refractivity contribution is -0.115. The Labute approximate surface area is 155 Å². The van der Waals surface area contributed by atoms with Crippen LogP contribution in [0.3, 0.4) is 0 Å². The number of rotatable bonds is 4. The minimum atomic E-state index is -0.333. The molecule has 4 aromatic rings. The van der Waals surface area contributed by atoms with Crippen molar-refractivity contribution in [2.24, 2.45) is 0 Å². The number of nitrogens with zero attached hydrogens (tertiary/aromatic N) is 3. The zero-order valence-corrected chi connectivity index (χ0v) is 14.7. The van der Waals surface area contributed by atoms with Crippen molar-refractivity contribution in [2.75, 3.05) is 5.32 Å². The molecule has 134 valence electrons. The van der Waals surface area contributed by atoms with E-state index in [9.17, 15) is 9.18 Å². The summed E-state index contributed by atoms with van der Waals surface area (Å²) in [4.78, 5) is 21.1. The van der Waals surface area contributed by atoms with E-state index >= 15 is 0 Å². The van der Waals surface area contributed by atoms with Gasteiger partial charge in [0.05, 0.1) is 6.42 Å². The Morgan fingerprint density at radius 1 is 1.07 bits per heavy atom. The summed E-state index contributed by atoms with van der Waals surface area (Å²) < 4.78 is 14.9. The van der Waals surface area contributed by atoms with Crippen LogP contribution in [-0.2, 0) is 11.2 Å². The van der Waals surface area contributed by atoms with Crippen LogP contribution in [-0.4, -0.2) is 20.4 Å². The monoisotopic (exact) mass is 360 g/mol. The molecule has 2 aromatic carbocycles. The Kier molecular flexibility index (Phi) is 4.38. The molecule has 2 heterocycles. The van der Waals surface area contributed by atoms with Crippen LogP contribution in [0.2, 0.25) is 0 Å². The molecule has 4 rings (SSSR count). The number of nitrogens with one attached hydrogen (secondary N) is 1. The van der Waals surface area contributed by atoms with E-state index in [2.05, 4.69) is 15.3 Å². The molecule has 0 unspecified atom stereocenters. The Morgan fingerprint density at radius 2 is 1.81 bits per heavy atom. The molecule has 1 N–H and O–H groups in total. The number of benzene rings is 2. The molecule has 2 aromatic heterocycles. The third-order valence-electron chi connectivity index (χ3n) is 4.27. The molecule has 0 atom stereocenters. The second-order valence-corrected chi connectivity index (χ2v) is 6.24. The highest BCUT2D eigenvalue weighted by atomic mass is 19.1.